The van der Waals surface area contributed by atoms with Crippen LogP contribution in [0.5, 0.6) is 5.88 Å². The molecule has 4 aliphatic carbocycles. The van der Waals surface area contributed by atoms with E-state index < -0.39 is 5.97 Å². The lowest BCUT2D eigenvalue weighted by molar-refractivity contribution is -0.150. The van der Waals surface area contributed by atoms with Crippen LogP contribution in [0, 0.1) is 30.1 Å². The summed E-state index contributed by atoms with van der Waals surface area (Å²) < 4.78 is 14.9. The van der Waals surface area contributed by atoms with E-state index in [0.29, 0.717) is 12.3 Å². The first-order valence-corrected chi connectivity index (χ1v) is 9.48. The molecule has 4 fully saturated rings. The molecule has 0 unspecified atom stereocenters. The van der Waals surface area contributed by atoms with Gasteiger partial charge < -0.3 is 19.3 Å². The van der Waals surface area contributed by atoms with Gasteiger partial charge in [0, 0.05) is 12.6 Å². The monoisotopic (exact) mass is 362 g/mol. The fourth-order valence-corrected chi connectivity index (χ4v) is 5.58. The molecular weight excluding hydrogens is 336 g/mol. The minimum absolute atomic E-state index is 0.228. The van der Waals surface area contributed by atoms with Crippen molar-refractivity contribution >= 4 is 11.9 Å². The van der Waals surface area contributed by atoms with Crippen molar-refractivity contribution in [2.45, 2.75) is 45.4 Å². The lowest BCUT2D eigenvalue weighted by atomic mass is 9.49. The van der Waals surface area contributed by atoms with Gasteiger partial charge in [-0.3, -0.25) is 4.79 Å². The summed E-state index contributed by atoms with van der Waals surface area (Å²) in [6.07, 6.45) is 7.87. The van der Waals surface area contributed by atoms with Crippen LogP contribution in [0.2, 0.25) is 0 Å². The molecule has 7 nitrogen and oxygen atoms in total. The third-order valence-corrected chi connectivity index (χ3v) is 6.13. The van der Waals surface area contributed by atoms with E-state index in [0.717, 1.165) is 17.8 Å². The standard InChI is InChI=1S/C19H26N2O5/c1-12-2-17(21-26-12)24-10-18(23)25-9-16(22)20-11-19-6-13-3-14(7-19)5-15(4-13)8-19/h2,13-15H,3-11H2,1H3,(H,20,22). The van der Waals surface area contributed by atoms with Gasteiger partial charge in [-0.1, -0.05) is 0 Å². The molecule has 0 aliphatic heterocycles. The number of nitrogens with one attached hydrogen (secondary N) is 1. The van der Waals surface area contributed by atoms with Gasteiger partial charge in [-0.05, 0) is 73.8 Å². The largest absolute Gasteiger partial charge is 0.463 e. The van der Waals surface area contributed by atoms with Gasteiger partial charge in [-0.2, -0.15) is 0 Å². The number of esters is 1. The summed E-state index contributed by atoms with van der Waals surface area (Å²) in [5, 5.41) is 6.61. The zero-order chi connectivity index (χ0) is 18.1. The number of carbonyl (C=O) groups excluding carboxylic acids is 2. The third-order valence-electron chi connectivity index (χ3n) is 6.13. The van der Waals surface area contributed by atoms with Crippen LogP contribution in [0.4, 0.5) is 0 Å². The zero-order valence-electron chi connectivity index (χ0n) is 15.2. The molecule has 1 amide bonds. The molecule has 5 rings (SSSR count). The maximum Gasteiger partial charge on any atom is 0.344 e. The minimum atomic E-state index is -0.601. The average molecular weight is 362 g/mol. The van der Waals surface area contributed by atoms with Crippen LogP contribution in [0.3, 0.4) is 0 Å². The molecule has 26 heavy (non-hydrogen) atoms. The number of aromatic nitrogens is 1. The fourth-order valence-electron chi connectivity index (χ4n) is 5.58. The number of carbonyl (C=O) groups is 2. The highest BCUT2D eigenvalue weighted by Crippen LogP contribution is 2.59. The van der Waals surface area contributed by atoms with Gasteiger partial charge in [0.2, 0.25) is 0 Å². The number of hydrogen-bond donors (Lipinski definition) is 1. The predicted octanol–water partition coefficient (Wildman–Crippen LogP) is 2.24. The summed E-state index contributed by atoms with van der Waals surface area (Å²) in [5.74, 6) is 2.54. The van der Waals surface area contributed by atoms with Crippen LogP contribution in [-0.4, -0.2) is 36.8 Å². The topological polar surface area (TPSA) is 90.7 Å². The van der Waals surface area contributed by atoms with E-state index in [2.05, 4.69) is 10.5 Å². The highest BCUT2D eigenvalue weighted by molar-refractivity contribution is 5.80. The first kappa shape index (κ1) is 17.4. The van der Waals surface area contributed by atoms with Gasteiger partial charge >= 0.3 is 5.97 Å². The Bertz CT molecular complexity index is 648. The van der Waals surface area contributed by atoms with E-state index >= 15 is 0 Å². The van der Waals surface area contributed by atoms with Gasteiger partial charge in [-0.25, -0.2) is 4.79 Å². The van der Waals surface area contributed by atoms with Crippen molar-refractivity contribution in [1.82, 2.24) is 10.5 Å². The molecular formula is C19H26N2O5. The molecule has 4 aliphatic rings. The van der Waals surface area contributed by atoms with Gasteiger partial charge in [0.15, 0.2) is 13.2 Å². The summed E-state index contributed by atoms with van der Waals surface area (Å²) in [6, 6.07) is 1.57. The van der Waals surface area contributed by atoms with Crippen molar-refractivity contribution in [3.8, 4) is 5.88 Å². The van der Waals surface area contributed by atoms with Crippen LogP contribution in [0.15, 0.2) is 10.6 Å². The van der Waals surface area contributed by atoms with Gasteiger partial charge in [0.1, 0.15) is 5.76 Å². The summed E-state index contributed by atoms with van der Waals surface area (Å²) in [7, 11) is 0. The van der Waals surface area contributed by atoms with Gasteiger partial charge in [-0.15, -0.1) is 0 Å². The SMILES string of the molecule is Cc1cc(OCC(=O)OCC(=O)NCC23CC4CC(CC(C4)C2)C3)no1. The fraction of sp³-hybridized carbons (Fsp3) is 0.737. The molecule has 142 valence electrons. The second-order valence-corrected chi connectivity index (χ2v) is 8.42. The zero-order valence-corrected chi connectivity index (χ0v) is 15.2. The molecule has 1 N–H and O–H groups in total. The molecule has 0 saturated heterocycles. The number of nitrogens with zero attached hydrogens (tertiary/aromatic N) is 1. The van der Waals surface area contributed by atoms with Crippen molar-refractivity contribution in [1.29, 1.82) is 0 Å². The number of rotatable bonds is 7. The number of hydrogen-bond acceptors (Lipinski definition) is 6. The molecule has 4 saturated carbocycles. The van der Waals surface area contributed by atoms with Crippen LogP contribution in [0.25, 0.3) is 0 Å². The molecule has 1 heterocycles. The average Bonchev–Trinajstić information content (AvgIpc) is 3.00. The summed E-state index contributed by atoms with van der Waals surface area (Å²) >= 11 is 0. The Morgan fingerprint density at radius 3 is 2.42 bits per heavy atom. The number of amides is 1. The summed E-state index contributed by atoms with van der Waals surface area (Å²) in [4.78, 5) is 23.7. The highest BCUT2D eigenvalue weighted by atomic mass is 16.6. The summed E-state index contributed by atoms with van der Waals surface area (Å²) in [5.41, 5.74) is 0.280. The van der Waals surface area contributed by atoms with Crippen molar-refractivity contribution in [3.05, 3.63) is 11.8 Å². The second-order valence-electron chi connectivity index (χ2n) is 8.42. The van der Waals surface area contributed by atoms with Crippen LogP contribution in [-0.2, 0) is 14.3 Å². The third kappa shape index (κ3) is 3.86. The molecule has 4 bridgehead atoms. The minimum Gasteiger partial charge on any atom is -0.463 e. The van der Waals surface area contributed by atoms with Crippen LogP contribution < -0.4 is 10.1 Å². The normalized spacial score (nSPS) is 31.7. The molecule has 0 radical (unpaired) electrons. The smallest absolute Gasteiger partial charge is 0.344 e. The Labute approximate surface area is 152 Å². The van der Waals surface area contributed by atoms with E-state index in [-0.39, 0.29) is 30.4 Å². The van der Waals surface area contributed by atoms with E-state index in [1.165, 1.54) is 38.5 Å². The maximum absolute atomic E-state index is 12.1. The number of aryl methyl sites for hydroxylation is 1. The molecule has 0 atom stereocenters. The van der Waals surface area contributed by atoms with Crippen LogP contribution >= 0.6 is 0 Å². The first-order valence-electron chi connectivity index (χ1n) is 9.48. The lowest BCUT2D eigenvalue weighted by Gasteiger charge is -2.56. The Morgan fingerprint density at radius 1 is 1.19 bits per heavy atom. The highest BCUT2D eigenvalue weighted by Gasteiger charge is 2.50. The molecule has 1 aromatic heterocycles. The molecule has 0 spiro atoms. The predicted molar refractivity (Wildman–Crippen MR) is 91.3 cm³/mol. The van der Waals surface area contributed by atoms with E-state index in [1.807, 2.05) is 0 Å². The first-order chi connectivity index (χ1) is 12.5. The molecule has 1 aromatic rings. The second kappa shape index (κ2) is 6.93. The Hall–Kier alpha value is -2.05. The van der Waals surface area contributed by atoms with Gasteiger partial charge in [0.25, 0.3) is 11.8 Å². The van der Waals surface area contributed by atoms with Crippen molar-refractivity contribution < 1.29 is 23.6 Å². The van der Waals surface area contributed by atoms with Gasteiger partial charge in [0.05, 0.1) is 0 Å². The van der Waals surface area contributed by atoms with Crippen molar-refractivity contribution in [2.24, 2.45) is 23.2 Å². The van der Waals surface area contributed by atoms with Crippen molar-refractivity contribution in [3.63, 3.8) is 0 Å². The van der Waals surface area contributed by atoms with Crippen LogP contribution in [0.1, 0.15) is 44.3 Å². The lowest BCUT2D eigenvalue weighted by Crippen LogP contribution is -2.51. The Morgan fingerprint density at radius 2 is 1.85 bits per heavy atom. The Kier molecular flexibility index (Phi) is 4.63. The molecule has 0 aromatic carbocycles. The maximum atomic E-state index is 12.1. The quantitative estimate of drug-likeness (QED) is 0.748. The number of ether oxygens (including phenoxy) is 2. The van der Waals surface area contributed by atoms with E-state index in [1.54, 1.807) is 13.0 Å². The Balaban J connectivity index is 1.17. The summed E-state index contributed by atoms with van der Waals surface area (Å²) in [6.45, 7) is 1.87. The molecule has 7 heteroatoms. The van der Waals surface area contributed by atoms with E-state index in [4.69, 9.17) is 14.0 Å². The van der Waals surface area contributed by atoms with Crippen molar-refractivity contribution in [2.75, 3.05) is 19.8 Å². The van der Waals surface area contributed by atoms with E-state index in [9.17, 15) is 9.59 Å².